The lowest BCUT2D eigenvalue weighted by Gasteiger charge is -2.23. The zero-order valence-corrected chi connectivity index (χ0v) is 12.7. The summed E-state index contributed by atoms with van der Waals surface area (Å²) in [5.41, 5.74) is 4.07. The van der Waals surface area contributed by atoms with Crippen LogP contribution in [0.2, 0.25) is 0 Å². The zero-order chi connectivity index (χ0) is 15.4. The van der Waals surface area contributed by atoms with E-state index in [1.165, 1.54) is 6.08 Å². The molecule has 0 fully saturated rings. The lowest BCUT2D eigenvalue weighted by Crippen LogP contribution is -2.13. The van der Waals surface area contributed by atoms with E-state index in [2.05, 4.69) is 6.58 Å². The van der Waals surface area contributed by atoms with Crippen LogP contribution < -0.4 is 4.74 Å². The highest BCUT2D eigenvalue weighted by molar-refractivity contribution is 5.78. The van der Waals surface area contributed by atoms with Crippen LogP contribution in [0.5, 0.6) is 5.75 Å². The summed E-state index contributed by atoms with van der Waals surface area (Å²) >= 11 is 0. The molecule has 1 aliphatic carbocycles. The van der Waals surface area contributed by atoms with Crippen LogP contribution in [0.3, 0.4) is 0 Å². The second kappa shape index (κ2) is 6.48. The van der Waals surface area contributed by atoms with Gasteiger partial charge in [0.2, 0.25) is 0 Å². The molecular formula is C17H20O4. The third-order valence-corrected chi connectivity index (χ3v) is 3.46. The summed E-state index contributed by atoms with van der Waals surface area (Å²) in [5.74, 6) is 1.41. The third-order valence-electron chi connectivity index (χ3n) is 3.46. The molecule has 1 aliphatic rings. The van der Waals surface area contributed by atoms with Crippen LogP contribution in [-0.4, -0.2) is 19.9 Å². The monoisotopic (exact) mass is 288 g/mol. The second-order valence-electron chi connectivity index (χ2n) is 5.05. The zero-order valence-electron chi connectivity index (χ0n) is 12.7. The number of rotatable bonds is 4. The van der Waals surface area contributed by atoms with Crippen molar-refractivity contribution in [2.24, 2.45) is 0 Å². The summed E-state index contributed by atoms with van der Waals surface area (Å²) in [6.45, 7) is 7.59. The van der Waals surface area contributed by atoms with Crippen LogP contribution in [-0.2, 0) is 15.9 Å². The smallest absolute Gasteiger partial charge is 0.496 e. The van der Waals surface area contributed by atoms with E-state index in [9.17, 15) is 4.79 Å². The standard InChI is InChI=1S/C17H20O4/c1-5-8-20-17(18)21-16-12(3)6-7-13-14(16)9-11(2)10-15(13)19-4/h5,9-10H,1,6-8H2,2-4H3. The molecule has 21 heavy (non-hydrogen) atoms. The Kier molecular flexibility index (Phi) is 4.68. The van der Waals surface area contributed by atoms with Crippen molar-refractivity contribution in [3.8, 4) is 5.75 Å². The minimum Gasteiger partial charge on any atom is -0.496 e. The Morgan fingerprint density at radius 3 is 2.76 bits per heavy atom. The van der Waals surface area contributed by atoms with E-state index in [-0.39, 0.29) is 6.61 Å². The van der Waals surface area contributed by atoms with Crippen LogP contribution in [0.15, 0.2) is 30.4 Å². The molecule has 4 nitrogen and oxygen atoms in total. The highest BCUT2D eigenvalue weighted by Gasteiger charge is 2.24. The van der Waals surface area contributed by atoms with E-state index in [1.807, 2.05) is 26.0 Å². The van der Waals surface area contributed by atoms with Gasteiger partial charge in [-0.15, -0.1) is 0 Å². The van der Waals surface area contributed by atoms with Crippen LogP contribution in [0.25, 0.3) is 5.76 Å². The first-order valence-electron chi connectivity index (χ1n) is 6.90. The molecule has 0 heterocycles. The van der Waals surface area contributed by atoms with Gasteiger partial charge in [0, 0.05) is 11.1 Å². The molecule has 0 radical (unpaired) electrons. The number of hydrogen-bond donors (Lipinski definition) is 0. The van der Waals surface area contributed by atoms with Gasteiger partial charge in [0.25, 0.3) is 0 Å². The number of carbonyl (C=O) groups is 1. The number of fused-ring (bicyclic) bond motifs is 1. The van der Waals surface area contributed by atoms with Crippen LogP contribution in [0.4, 0.5) is 4.79 Å². The number of methoxy groups -OCH3 is 1. The lowest BCUT2D eigenvalue weighted by atomic mass is 9.89. The van der Waals surface area contributed by atoms with Gasteiger partial charge >= 0.3 is 6.16 Å². The first-order chi connectivity index (χ1) is 10.1. The van der Waals surface area contributed by atoms with Crippen LogP contribution in [0, 0.1) is 6.92 Å². The van der Waals surface area contributed by atoms with Crippen molar-refractivity contribution in [3.63, 3.8) is 0 Å². The normalized spacial score (nSPS) is 13.5. The molecule has 0 unspecified atom stereocenters. The van der Waals surface area contributed by atoms with Gasteiger partial charge in [0.1, 0.15) is 18.1 Å². The molecule has 4 heteroatoms. The number of allylic oxidation sites excluding steroid dienone is 1. The molecule has 112 valence electrons. The van der Waals surface area contributed by atoms with Gasteiger partial charge < -0.3 is 14.2 Å². The Bertz CT molecular complexity index is 599. The number of aryl methyl sites for hydroxylation is 1. The highest BCUT2D eigenvalue weighted by atomic mass is 16.7. The maximum Gasteiger partial charge on any atom is 0.514 e. The fourth-order valence-corrected chi connectivity index (χ4v) is 2.46. The Morgan fingerprint density at radius 2 is 2.10 bits per heavy atom. The van der Waals surface area contributed by atoms with Crippen molar-refractivity contribution in [2.45, 2.75) is 26.7 Å². The average Bonchev–Trinajstić information content (AvgIpc) is 2.47. The van der Waals surface area contributed by atoms with E-state index < -0.39 is 6.16 Å². The number of benzene rings is 1. The minimum atomic E-state index is -0.711. The van der Waals surface area contributed by atoms with Gasteiger partial charge in [-0.05, 0) is 50.0 Å². The summed E-state index contributed by atoms with van der Waals surface area (Å²) in [6.07, 6.45) is 2.50. The van der Waals surface area contributed by atoms with E-state index >= 15 is 0 Å². The van der Waals surface area contributed by atoms with Gasteiger partial charge in [0.05, 0.1) is 7.11 Å². The van der Waals surface area contributed by atoms with Crippen LogP contribution in [0.1, 0.15) is 30.0 Å². The van der Waals surface area contributed by atoms with Crippen LogP contribution >= 0.6 is 0 Å². The minimum absolute atomic E-state index is 0.134. The second-order valence-corrected chi connectivity index (χ2v) is 5.05. The SMILES string of the molecule is C=CCOC(=O)OC1=C(C)CCc2c(OC)cc(C)cc21. The van der Waals surface area contributed by atoms with E-state index in [4.69, 9.17) is 14.2 Å². The van der Waals surface area contributed by atoms with Crippen molar-refractivity contribution < 1.29 is 19.0 Å². The summed E-state index contributed by atoms with van der Waals surface area (Å²) in [5, 5.41) is 0. The molecular weight excluding hydrogens is 268 g/mol. The molecule has 0 saturated carbocycles. The maximum absolute atomic E-state index is 11.7. The summed E-state index contributed by atoms with van der Waals surface area (Å²) in [4.78, 5) is 11.7. The third kappa shape index (κ3) is 3.27. The molecule has 0 aromatic heterocycles. The summed E-state index contributed by atoms with van der Waals surface area (Å²) in [7, 11) is 1.65. The van der Waals surface area contributed by atoms with Gasteiger partial charge in [-0.25, -0.2) is 4.79 Å². The van der Waals surface area contributed by atoms with E-state index in [1.54, 1.807) is 7.11 Å². The summed E-state index contributed by atoms with van der Waals surface area (Å²) in [6, 6.07) is 4.00. The van der Waals surface area contributed by atoms with Gasteiger partial charge in [-0.3, -0.25) is 0 Å². The average molecular weight is 288 g/mol. The molecule has 0 N–H and O–H groups in total. The van der Waals surface area contributed by atoms with Gasteiger partial charge in [-0.1, -0.05) is 12.7 Å². The Balaban J connectivity index is 2.36. The number of hydrogen-bond acceptors (Lipinski definition) is 4. The molecule has 0 aliphatic heterocycles. The van der Waals surface area contributed by atoms with Gasteiger partial charge in [-0.2, -0.15) is 0 Å². The quantitative estimate of drug-likeness (QED) is 0.620. The van der Waals surface area contributed by atoms with Crippen molar-refractivity contribution in [1.82, 2.24) is 0 Å². The fraction of sp³-hybridized carbons (Fsp3) is 0.353. The predicted molar refractivity (Wildman–Crippen MR) is 81.3 cm³/mol. The molecule has 0 spiro atoms. The number of ether oxygens (including phenoxy) is 3. The van der Waals surface area contributed by atoms with Crippen molar-refractivity contribution in [1.29, 1.82) is 0 Å². The summed E-state index contributed by atoms with van der Waals surface area (Å²) < 4.78 is 15.7. The molecule has 0 bridgehead atoms. The van der Waals surface area contributed by atoms with Crippen molar-refractivity contribution in [2.75, 3.05) is 13.7 Å². The first kappa shape index (κ1) is 15.2. The van der Waals surface area contributed by atoms with Crippen molar-refractivity contribution in [3.05, 3.63) is 47.1 Å². The van der Waals surface area contributed by atoms with Gasteiger partial charge in [0.15, 0.2) is 0 Å². The predicted octanol–water partition coefficient (Wildman–Crippen LogP) is 4.02. The van der Waals surface area contributed by atoms with E-state index in [0.717, 1.165) is 40.9 Å². The van der Waals surface area contributed by atoms with Crippen molar-refractivity contribution >= 4 is 11.9 Å². The fourth-order valence-electron chi connectivity index (χ4n) is 2.46. The Hall–Kier alpha value is -2.23. The Labute approximate surface area is 125 Å². The molecule has 2 rings (SSSR count). The largest absolute Gasteiger partial charge is 0.514 e. The molecule has 1 aromatic carbocycles. The van der Waals surface area contributed by atoms with E-state index in [0.29, 0.717) is 5.76 Å². The molecule has 1 aromatic rings. The maximum atomic E-state index is 11.7. The number of carbonyl (C=O) groups excluding carboxylic acids is 1. The molecule has 0 atom stereocenters. The lowest BCUT2D eigenvalue weighted by molar-refractivity contribution is 0.0998. The topological polar surface area (TPSA) is 44.8 Å². The molecule has 0 saturated heterocycles. The molecule has 0 amide bonds. The first-order valence-corrected chi connectivity index (χ1v) is 6.90. The Morgan fingerprint density at radius 1 is 1.33 bits per heavy atom. The highest BCUT2D eigenvalue weighted by Crippen LogP contribution is 2.37.